The lowest BCUT2D eigenvalue weighted by atomic mass is 9.85. The molecule has 0 spiro atoms. The monoisotopic (exact) mass is 576 g/mol. The van der Waals surface area contributed by atoms with Crippen molar-refractivity contribution in [3.63, 3.8) is 0 Å². The van der Waals surface area contributed by atoms with Crippen LogP contribution in [-0.2, 0) is 36.4 Å². The molecule has 2 N–H and O–H groups in total. The van der Waals surface area contributed by atoms with Crippen LogP contribution in [0.1, 0.15) is 29.9 Å². The minimum absolute atomic E-state index is 0.00486. The van der Waals surface area contributed by atoms with Crippen molar-refractivity contribution in [3.8, 4) is 34.4 Å². The first-order valence-corrected chi connectivity index (χ1v) is 14.5. The van der Waals surface area contributed by atoms with E-state index in [1.165, 1.54) is 24.3 Å². The summed E-state index contributed by atoms with van der Waals surface area (Å²) in [5.74, 6) is 6.04. The fraction of sp³-hybridized carbons (Fsp3) is 0.258. The summed E-state index contributed by atoms with van der Waals surface area (Å²) in [6.07, 6.45) is 1.30. The van der Waals surface area contributed by atoms with E-state index in [1.807, 2.05) is 36.4 Å². The molecule has 2 heterocycles. The molecule has 0 atom stereocenters. The number of methoxy groups -OCH3 is 1. The van der Waals surface area contributed by atoms with Gasteiger partial charge < -0.3 is 18.6 Å². The van der Waals surface area contributed by atoms with Crippen LogP contribution < -0.4 is 5.14 Å². The summed E-state index contributed by atoms with van der Waals surface area (Å²) in [6, 6.07) is 20.3. The second kappa shape index (κ2) is 12.3. The van der Waals surface area contributed by atoms with Crippen LogP contribution in [0.4, 0.5) is 4.39 Å². The summed E-state index contributed by atoms with van der Waals surface area (Å²) in [5, 5.41) is 5.23. The molecule has 0 bridgehead atoms. The Kier molecular flexibility index (Phi) is 8.63. The first-order chi connectivity index (χ1) is 19.8. The summed E-state index contributed by atoms with van der Waals surface area (Å²) in [4.78, 5) is 4.56. The predicted octanol–water partition coefficient (Wildman–Crippen LogP) is 5.02. The van der Waals surface area contributed by atoms with E-state index >= 15 is 0 Å². The van der Waals surface area contributed by atoms with E-state index in [0.29, 0.717) is 48.6 Å². The van der Waals surface area contributed by atoms with Crippen LogP contribution in [0, 0.1) is 17.7 Å². The highest BCUT2D eigenvalue weighted by atomic mass is 32.2. The van der Waals surface area contributed by atoms with Crippen molar-refractivity contribution in [2.75, 3.05) is 26.9 Å². The SMILES string of the molecule is COC1(c2cc(F)cc(COCC#Cc3nc(-c4ccccc4)c(-c4ccc(S(N)(=O)=O)cc4)o3)c2)CCOCC1. The van der Waals surface area contributed by atoms with Gasteiger partial charge in [0.1, 0.15) is 18.1 Å². The standard InChI is InChI=1S/C31H29FN2O6S/c1-37-31(13-16-38-17-14-31)25-18-22(19-26(32)20-25)21-39-15-5-8-28-34-29(23-6-3-2-4-7-23)30(40-28)24-9-11-27(12-10-24)41(33,35)36/h2-4,6-7,9-12,18-20H,13-17,21H2,1H3,(H2,33,35,36). The normalized spacial score (nSPS) is 14.8. The largest absolute Gasteiger partial charge is 0.429 e. The van der Waals surface area contributed by atoms with Crippen molar-refractivity contribution in [2.45, 2.75) is 29.9 Å². The molecular formula is C31H29FN2O6S. The number of rotatable bonds is 8. The average Bonchev–Trinajstić information content (AvgIpc) is 3.41. The van der Waals surface area contributed by atoms with Gasteiger partial charge >= 0.3 is 0 Å². The lowest BCUT2D eigenvalue weighted by Crippen LogP contribution is -2.35. The molecule has 3 aromatic carbocycles. The Morgan fingerprint density at radius 1 is 1.02 bits per heavy atom. The number of primary sulfonamides is 1. The first kappa shape index (κ1) is 28.7. The smallest absolute Gasteiger partial charge is 0.274 e. The van der Waals surface area contributed by atoms with Crippen molar-refractivity contribution in [1.82, 2.24) is 4.98 Å². The number of nitrogens with zero attached hydrogens (tertiary/aromatic N) is 1. The number of nitrogens with two attached hydrogens (primary N) is 1. The molecule has 0 amide bonds. The number of sulfonamides is 1. The maximum atomic E-state index is 14.5. The Labute approximate surface area is 238 Å². The van der Waals surface area contributed by atoms with E-state index < -0.39 is 15.6 Å². The van der Waals surface area contributed by atoms with Crippen LogP contribution in [0.15, 0.2) is 82.1 Å². The lowest BCUT2D eigenvalue weighted by molar-refractivity contribution is -0.0949. The van der Waals surface area contributed by atoms with Gasteiger partial charge in [-0.25, -0.2) is 22.9 Å². The molecule has 0 unspecified atom stereocenters. The minimum atomic E-state index is -3.83. The third-order valence-electron chi connectivity index (χ3n) is 6.93. The third kappa shape index (κ3) is 6.73. The van der Waals surface area contributed by atoms with E-state index in [1.54, 1.807) is 19.2 Å². The van der Waals surface area contributed by atoms with Gasteiger partial charge in [-0.2, -0.15) is 0 Å². The molecule has 1 aromatic heterocycles. The molecule has 0 radical (unpaired) electrons. The molecule has 10 heteroatoms. The number of aromatic nitrogens is 1. The molecule has 5 rings (SSSR count). The summed E-state index contributed by atoms with van der Waals surface area (Å²) in [6.45, 7) is 1.34. The zero-order chi connectivity index (χ0) is 28.9. The molecule has 0 aliphatic carbocycles. The maximum absolute atomic E-state index is 14.5. The minimum Gasteiger partial charge on any atom is -0.429 e. The van der Waals surface area contributed by atoms with Crippen LogP contribution >= 0.6 is 0 Å². The van der Waals surface area contributed by atoms with Crippen LogP contribution in [0.25, 0.3) is 22.6 Å². The van der Waals surface area contributed by atoms with Gasteiger partial charge in [-0.1, -0.05) is 42.3 Å². The third-order valence-corrected chi connectivity index (χ3v) is 7.86. The van der Waals surface area contributed by atoms with Crippen molar-refractivity contribution in [1.29, 1.82) is 0 Å². The zero-order valence-corrected chi connectivity index (χ0v) is 23.2. The van der Waals surface area contributed by atoms with Crippen LogP contribution in [0.2, 0.25) is 0 Å². The molecule has 1 aliphatic heterocycles. The van der Waals surface area contributed by atoms with Crippen LogP contribution in [0.3, 0.4) is 0 Å². The highest BCUT2D eigenvalue weighted by Gasteiger charge is 2.35. The predicted molar refractivity (Wildman–Crippen MR) is 150 cm³/mol. The number of oxazole rings is 1. The fourth-order valence-electron chi connectivity index (χ4n) is 4.80. The molecular weight excluding hydrogens is 547 g/mol. The van der Waals surface area contributed by atoms with E-state index in [4.69, 9.17) is 23.8 Å². The Bertz CT molecular complexity index is 1670. The number of hydrogen-bond acceptors (Lipinski definition) is 7. The molecule has 8 nitrogen and oxygen atoms in total. The first-order valence-electron chi connectivity index (χ1n) is 13.0. The number of halogens is 1. The summed E-state index contributed by atoms with van der Waals surface area (Å²) in [5.41, 5.74) is 2.86. The lowest BCUT2D eigenvalue weighted by Gasteiger charge is -2.36. The Morgan fingerprint density at radius 2 is 1.76 bits per heavy atom. The zero-order valence-electron chi connectivity index (χ0n) is 22.4. The molecule has 212 valence electrons. The topological polar surface area (TPSA) is 114 Å². The number of hydrogen-bond donors (Lipinski definition) is 1. The highest BCUT2D eigenvalue weighted by molar-refractivity contribution is 7.89. The second-order valence-corrected chi connectivity index (χ2v) is 11.1. The summed E-state index contributed by atoms with van der Waals surface area (Å²) >= 11 is 0. The van der Waals surface area contributed by atoms with Crippen molar-refractivity contribution < 1.29 is 31.4 Å². The quantitative estimate of drug-likeness (QED) is 0.232. The molecule has 41 heavy (non-hydrogen) atoms. The number of ether oxygens (including phenoxy) is 3. The number of benzene rings is 3. The molecule has 0 saturated carbocycles. The van der Waals surface area contributed by atoms with E-state index in [9.17, 15) is 12.8 Å². The van der Waals surface area contributed by atoms with Crippen molar-refractivity contribution in [3.05, 3.63) is 95.6 Å². The summed E-state index contributed by atoms with van der Waals surface area (Å²) < 4.78 is 60.7. The Morgan fingerprint density at radius 3 is 2.44 bits per heavy atom. The van der Waals surface area contributed by atoms with Gasteiger partial charge in [0.15, 0.2) is 5.76 Å². The second-order valence-electron chi connectivity index (χ2n) is 9.59. The summed E-state index contributed by atoms with van der Waals surface area (Å²) in [7, 11) is -2.19. The van der Waals surface area contributed by atoms with Crippen molar-refractivity contribution in [2.24, 2.45) is 5.14 Å². The van der Waals surface area contributed by atoms with Gasteiger partial charge in [-0.05, 0) is 53.4 Å². The molecule has 4 aromatic rings. The van der Waals surface area contributed by atoms with Crippen LogP contribution in [-0.4, -0.2) is 40.3 Å². The Balaban J connectivity index is 1.31. The molecule has 1 aliphatic rings. The fourth-order valence-corrected chi connectivity index (χ4v) is 5.31. The van der Waals surface area contributed by atoms with Gasteiger partial charge in [0, 0.05) is 44.3 Å². The average molecular weight is 577 g/mol. The van der Waals surface area contributed by atoms with Gasteiger partial charge in [0.05, 0.1) is 17.1 Å². The van der Waals surface area contributed by atoms with E-state index in [-0.39, 0.29) is 29.8 Å². The van der Waals surface area contributed by atoms with Crippen molar-refractivity contribution >= 4 is 10.0 Å². The van der Waals surface area contributed by atoms with Crippen LogP contribution in [0.5, 0.6) is 0 Å². The van der Waals surface area contributed by atoms with Gasteiger partial charge in [0.2, 0.25) is 10.0 Å². The van der Waals surface area contributed by atoms with E-state index in [0.717, 1.165) is 11.1 Å². The maximum Gasteiger partial charge on any atom is 0.274 e. The van der Waals surface area contributed by atoms with E-state index in [2.05, 4.69) is 16.8 Å². The Hall–Kier alpha value is -3.85. The van der Waals surface area contributed by atoms with Gasteiger partial charge in [0.25, 0.3) is 5.89 Å². The highest BCUT2D eigenvalue weighted by Crippen LogP contribution is 2.36. The van der Waals surface area contributed by atoms with Gasteiger partial charge in [-0.3, -0.25) is 0 Å². The molecule has 1 fully saturated rings. The van der Waals surface area contributed by atoms with Gasteiger partial charge in [-0.15, -0.1) is 0 Å². The molecule has 1 saturated heterocycles.